The molecule has 0 atom stereocenters. The monoisotopic (exact) mass is 269 g/mol. The molecule has 0 radical (unpaired) electrons. The maximum absolute atomic E-state index is 11.8. The Kier molecular flexibility index (Phi) is 4.15. The van der Waals surface area contributed by atoms with Gasteiger partial charge in [0.05, 0.1) is 7.11 Å². The van der Waals surface area contributed by atoms with Crippen molar-refractivity contribution in [1.29, 1.82) is 0 Å². The van der Waals surface area contributed by atoms with Crippen molar-refractivity contribution in [1.82, 2.24) is 0 Å². The molecule has 1 amide bonds. The van der Waals surface area contributed by atoms with E-state index in [0.717, 1.165) is 28.5 Å². The molecule has 2 aromatic carbocycles. The van der Waals surface area contributed by atoms with E-state index in [1.165, 1.54) is 7.11 Å². The molecule has 0 spiro atoms. The fraction of sp³-hybridized carbons (Fsp3) is 0.125. The van der Waals surface area contributed by atoms with Gasteiger partial charge in [0.25, 0.3) is 0 Å². The summed E-state index contributed by atoms with van der Waals surface area (Å²) in [4.78, 5) is 22.7. The molecule has 4 nitrogen and oxygen atoms in total. The lowest BCUT2D eigenvalue weighted by Crippen LogP contribution is -2.09. The molecule has 0 aliphatic rings. The third-order valence-electron chi connectivity index (χ3n) is 2.97. The minimum absolute atomic E-state index is 0.371. The van der Waals surface area contributed by atoms with Crippen molar-refractivity contribution in [3.8, 4) is 0 Å². The van der Waals surface area contributed by atoms with E-state index >= 15 is 0 Å². The first-order valence-electron chi connectivity index (χ1n) is 6.17. The van der Waals surface area contributed by atoms with E-state index < -0.39 is 5.97 Å². The Morgan fingerprint density at radius 3 is 2.50 bits per heavy atom. The predicted octanol–water partition coefficient (Wildman–Crippen LogP) is 2.82. The highest BCUT2D eigenvalue weighted by molar-refractivity contribution is 6.08. The quantitative estimate of drug-likeness (QED) is 0.688. The van der Waals surface area contributed by atoms with Crippen LogP contribution in [0, 0.1) is 6.92 Å². The lowest BCUT2D eigenvalue weighted by atomic mass is 10.0. The summed E-state index contributed by atoms with van der Waals surface area (Å²) in [6.07, 6.45) is 2.24. The summed E-state index contributed by atoms with van der Waals surface area (Å²) in [7, 11) is 1.26. The number of amides is 1. The number of esters is 1. The van der Waals surface area contributed by atoms with Gasteiger partial charge < -0.3 is 10.1 Å². The van der Waals surface area contributed by atoms with Gasteiger partial charge in [-0.15, -0.1) is 0 Å². The van der Waals surface area contributed by atoms with E-state index in [9.17, 15) is 9.59 Å². The van der Waals surface area contributed by atoms with Crippen LogP contribution in [0.1, 0.15) is 5.56 Å². The molecular formula is C16H15NO3. The molecule has 0 saturated heterocycles. The predicted molar refractivity (Wildman–Crippen MR) is 78.5 cm³/mol. The van der Waals surface area contributed by atoms with E-state index in [2.05, 4.69) is 10.1 Å². The first kappa shape index (κ1) is 13.8. The summed E-state index contributed by atoms with van der Waals surface area (Å²) in [5, 5.41) is 4.81. The van der Waals surface area contributed by atoms with Gasteiger partial charge in [-0.3, -0.25) is 4.79 Å². The normalized spacial score (nSPS) is 10.7. The summed E-state index contributed by atoms with van der Waals surface area (Å²) in [5.74, 6) is -0.932. The molecule has 0 heterocycles. The number of hydrogen-bond acceptors (Lipinski definition) is 3. The average molecular weight is 269 g/mol. The molecule has 1 N–H and O–H groups in total. The summed E-state index contributed by atoms with van der Waals surface area (Å²) in [6, 6.07) is 11.6. The molecule has 2 aromatic rings. The molecule has 0 aliphatic carbocycles. The SMILES string of the molecule is COC(=O)/C=C\C(=O)Nc1cccc2c(C)cccc12. The van der Waals surface area contributed by atoms with E-state index in [4.69, 9.17) is 0 Å². The number of fused-ring (bicyclic) bond motifs is 1. The number of methoxy groups -OCH3 is 1. The maximum atomic E-state index is 11.8. The number of carbonyl (C=O) groups excluding carboxylic acids is 2. The largest absolute Gasteiger partial charge is 0.466 e. The van der Waals surface area contributed by atoms with Crippen LogP contribution in [0.15, 0.2) is 48.6 Å². The lowest BCUT2D eigenvalue weighted by Gasteiger charge is -2.08. The summed E-state index contributed by atoms with van der Waals surface area (Å²) in [5.41, 5.74) is 1.86. The Hall–Kier alpha value is -2.62. The Morgan fingerprint density at radius 2 is 1.75 bits per heavy atom. The smallest absolute Gasteiger partial charge is 0.330 e. The van der Waals surface area contributed by atoms with E-state index in [1.807, 2.05) is 43.3 Å². The molecule has 102 valence electrons. The molecule has 2 rings (SSSR count). The van der Waals surface area contributed by atoms with E-state index in [1.54, 1.807) is 0 Å². The second-order valence-electron chi connectivity index (χ2n) is 4.32. The number of nitrogens with one attached hydrogen (secondary N) is 1. The van der Waals surface area contributed by atoms with Crippen LogP contribution in [0.4, 0.5) is 5.69 Å². The minimum Gasteiger partial charge on any atom is -0.466 e. The molecule has 4 heteroatoms. The van der Waals surface area contributed by atoms with Gasteiger partial charge in [0.15, 0.2) is 0 Å². The molecular weight excluding hydrogens is 254 g/mol. The first-order valence-corrected chi connectivity index (χ1v) is 6.17. The third-order valence-corrected chi connectivity index (χ3v) is 2.97. The molecule has 20 heavy (non-hydrogen) atoms. The minimum atomic E-state index is -0.561. The highest BCUT2D eigenvalue weighted by atomic mass is 16.5. The second kappa shape index (κ2) is 6.02. The number of anilines is 1. The van der Waals surface area contributed by atoms with Gasteiger partial charge in [0.2, 0.25) is 5.91 Å². The average Bonchev–Trinajstić information content (AvgIpc) is 2.46. The van der Waals surface area contributed by atoms with Crippen LogP contribution in [-0.4, -0.2) is 19.0 Å². The zero-order valence-electron chi connectivity index (χ0n) is 11.3. The van der Waals surface area contributed by atoms with E-state index in [-0.39, 0.29) is 5.91 Å². The van der Waals surface area contributed by atoms with Crippen LogP contribution in [0.3, 0.4) is 0 Å². The third kappa shape index (κ3) is 3.03. The van der Waals surface area contributed by atoms with Crippen LogP contribution in [-0.2, 0) is 14.3 Å². The second-order valence-corrected chi connectivity index (χ2v) is 4.32. The van der Waals surface area contributed by atoms with Crippen molar-refractivity contribution in [3.63, 3.8) is 0 Å². The van der Waals surface area contributed by atoms with E-state index in [0.29, 0.717) is 5.69 Å². The number of aryl methyl sites for hydroxylation is 1. The molecule has 0 aromatic heterocycles. The molecule has 0 saturated carbocycles. The molecule has 0 bridgehead atoms. The highest BCUT2D eigenvalue weighted by Crippen LogP contribution is 2.25. The van der Waals surface area contributed by atoms with Crippen LogP contribution in [0.25, 0.3) is 10.8 Å². The van der Waals surface area contributed by atoms with Crippen molar-refractivity contribution >= 4 is 28.3 Å². The first-order chi connectivity index (χ1) is 9.61. The van der Waals surface area contributed by atoms with Gasteiger partial charge in [0.1, 0.15) is 0 Å². The van der Waals surface area contributed by atoms with Crippen molar-refractivity contribution in [2.24, 2.45) is 0 Å². The molecule has 0 unspecified atom stereocenters. The zero-order chi connectivity index (χ0) is 14.5. The summed E-state index contributed by atoms with van der Waals surface area (Å²) >= 11 is 0. The van der Waals surface area contributed by atoms with Gasteiger partial charge >= 0.3 is 5.97 Å². The topological polar surface area (TPSA) is 55.4 Å². The fourth-order valence-electron chi connectivity index (χ4n) is 1.96. The number of ether oxygens (including phenoxy) is 1. The van der Waals surface area contributed by atoms with Gasteiger partial charge in [0, 0.05) is 23.2 Å². The molecule has 0 fully saturated rings. The number of hydrogen-bond donors (Lipinski definition) is 1. The van der Waals surface area contributed by atoms with Crippen LogP contribution < -0.4 is 5.32 Å². The Bertz CT molecular complexity index is 689. The van der Waals surface area contributed by atoms with Crippen molar-refractivity contribution < 1.29 is 14.3 Å². The van der Waals surface area contributed by atoms with Gasteiger partial charge in [-0.2, -0.15) is 0 Å². The van der Waals surface area contributed by atoms with Crippen LogP contribution >= 0.6 is 0 Å². The van der Waals surface area contributed by atoms with Gasteiger partial charge in [-0.05, 0) is 23.9 Å². The number of rotatable bonds is 3. The Balaban J connectivity index is 2.26. The summed E-state index contributed by atoms with van der Waals surface area (Å²) < 4.78 is 4.43. The van der Waals surface area contributed by atoms with Crippen molar-refractivity contribution in [3.05, 3.63) is 54.1 Å². The highest BCUT2D eigenvalue weighted by Gasteiger charge is 2.05. The number of carbonyl (C=O) groups is 2. The summed E-state index contributed by atoms with van der Waals surface area (Å²) in [6.45, 7) is 2.02. The van der Waals surface area contributed by atoms with Gasteiger partial charge in [-0.1, -0.05) is 30.3 Å². The van der Waals surface area contributed by atoms with Crippen LogP contribution in [0.5, 0.6) is 0 Å². The fourth-order valence-corrected chi connectivity index (χ4v) is 1.96. The Labute approximate surface area is 117 Å². The van der Waals surface area contributed by atoms with Gasteiger partial charge in [-0.25, -0.2) is 4.79 Å². The Morgan fingerprint density at radius 1 is 1.05 bits per heavy atom. The van der Waals surface area contributed by atoms with Crippen molar-refractivity contribution in [2.45, 2.75) is 6.92 Å². The van der Waals surface area contributed by atoms with Crippen LogP contribution in [0.2, 0.25) is 0 Å². The standard InChI is InChI=1S/C16H15NO3/c1-11-5-3-7-13-12(11)6-4-8-14(13)17-15(18)9-10-16(19)20-2/h3-10H,1-2H3,(H,17,18)/b10-9-. The number of benzene rings is 2. The zero-order valence-corrected chi connectivity index (χ0v) is 11.3. The van der Waals surface area contributed by atoms with Crippen molar-refractivity contribution in [2.75, 3.05) is 12.4 Å². The maximum Gasteiger partial charge on any atom is 0.330 e. The molecule has 0 aliphatic heterocycles. The lowest BCUT2D eigenvalue weighted by molar-refractivity contribution is -0.135.